The number of rotatable bonds is 5. The first-order valence-electron chi connectivity index (χ1n) is 5.25. The van der Waals surface area contributed by atoms with E-state index in [4.69, 9.17) is 4.42 Å². The first-order valence-corrected chi connectivity index (χ1v) is 5.25. The van der Waals surface area contributed by atoms with Crippen molar-refractivity contribution in [3.8, 4) is 0 Å². The Balaban J connectivity index is 2.27. The number of urea groups is 1. The maximum absolute atomic E-state index is 11.5. The number of furan rings is 1. The molecule has 0 unspecified atom stereocenters. The van der Waals surface area contributed by atoms with Gasteiger partial charge in [-0.1, -0.05) is 13.3 Å². The summed E-state index contributed by atoms with van der Waals surface area (Å²) >= 11 is 0. The zero-order valence-electron chi connectivity index (χ0n) is 9.32. The molecule has 0 fully saturated rings. The standard InChI is InChI=1S/C11H18N2O2/c1-3-4-7-12-11(14)13(2)9-10-6-5-8-15-10/h5-6,8H,3-4,7,9H2,1-2H3,(H,12,14). The monoisotopic (exact) mass is 210 g/mol. The van der Waals surface area contributed by atoms with Gasteiger partial charge >= 0.3 is 6.03 Å². The van der Waals surface area contributed by atoms with E-state index < -0.39 is 0 Å². The zero-order valence-corrected chi connectivity index (χ0v) is 9.32. The van der Waals surface area contributed by atoms with E-state index in [9.17, 15) is 4.79 Å². The van der Waals surface area contributed by atoms with Gasteiger partial charge < -0.3 is 14.6 Å². The summed E-state index contributed by atoms with van der Waals surface area (Å²) < 4.78 is 5.16. The summed E-state index contributed by atoms with van der Waals surface area (Å²) in [5.74, 6) is 0.795. The van der Waals surface area contributed by atoms with E-state index in [-0.39, 0.29) is 6.03 Å². The minimum absolute atomic E-state index is 0.0557. The summed E-state index contributed by atoms with van der Waals surface area (Å²) in [6.07, 6.45) is 3.71. The van der Waals surface area contributed by atoms with Gasteiger partial charge in [0.15, 0.2) is 0 Å². The molecule has 0 spiro atoms. The number of carbonyl (C=O) groups is 1. The summed E-state index contributed by atoms with van der Waals surface area (Å²) in [6, 6.07) is 3.62. The van der Waals surface area contributed by atoms with Crippen LogP contribution in [0.3, 0.4) is 0 Å². The Morgan fingerprint density at radius 3 is 3.00 bits per heavy atom. The molecule has 1 N–H and O–H groups in total. The van der Waals surface area contributed by atoms with E-state index in [0.717, 1.165) is 25.1 Å². The fourth-order valence-electron chi connectivity index (χ4n) is 1.22. The third-order valence-corrected chi connectivity index (χ3v) is 2.13. The molecule has 4 heteroatoms. The molecule has 2 amide bonds. The van der Waals surface area contributed by atoms with Crippen LogP contribution in [0.5, 0.6) is 0 Å². The molecule has 0 aliphatic rings. The van der Waals surface area contributed by atoms with Gasteiger partial charge in [-0.15, -0.1) is 0 Å². The quantitative estimate of drug-likeness (QED) is 0.757. The molecule has 0 radical (unpaired) electrons. The molecule has 0 saturated carbocycles. The molecule has 84 valence electrons. The van der Waals surface area contributed by atoms with Crippen LogP contribution in [0.4, 0.5) is 4.79 Å². The first-order chi connectivity index (χ1) is 7.24. The molecule has 15 heavy (non-hydrogen) atoms. The van der Waals surface area contributed by atoms with Gasteiger partial charge in [-0.25, -0.2) is 4.79 Å². The van der Waals surface area contributed by atoms with Crippen LogP contribution < -0.4 is 5.32 Å². The number of hydrogen-bond donors (Lipinski definition) is 1. The number of carbonyl (C=O) groups excluding carboxylic acids is 1. The molecule has 0 aromatic carbocycles. The van der Waals surface area contributed by atoms with Crippen molar-refractivity contribution >= 4 is 6.03 Å². The van der Waals surface area contributed by atoms with Gasteiger partial charge in [0.25, 0.3) is 0 Å². The molecule has 0 saturated heterocycles. The van der Waals surface area contributed by atoms with E-state index in [2.05, 4.69) is 12.2 Å². The Bertz CT molecular complexity index is 283. The van der Waals surface area contributed by atoms with Crippen molar-refractivity contribution in [3.63, 3.8) is 0 Å². The fraction of sp³-hybridized carbons (Fsp3) is 0.545. The predicted molar refractivity (Wildman–Crippen MR) is 58.5 cm³/mol. The highest BCUT2D eigenvalue weighted by Crippen LogP contribution is 2.03. The molecular weight excluding hydrogens is 192 g/mol. The molecule has 4 nitrogen and oxygen atoms in total. The lowest BCUT2D eigenvalue weighted by Gasteiger charge is -2.16. The Labute approximate surface area is 90.3 Å². The minimum atomic E-state index is -0.0557. The number of nitrogens with one attached hydrogen (secondary N) is 1. The average molecular weight is 210 g/mol. The van der Waals surface area contributed by atoms with Gasteiger partial charge in [0.2, 0.25) is 0 Å². The topological polar surface area (TPSA) is 45.5 Å². The minimum Gasteiger partial charge on any atom is -0.467 e. The van der Waals surface area contributed by atoms with Crippen molar-refractivity contribution in [2.75, 3.05) is 13.6 Å². The Morgan fingerprint density at radius 2 is 2.40 bits per heavy atom. The summed E-state index contributed by atoms with van der Waals surface area (Å²) in [4.78, 5) is 13.1. The van der Waals surface area contributed by atoms with Crippen LogP contribution >= 0.6 is 0 Å². The Kier molecular flexibility index (Phi) is 4.74. The molecule has 1 aromatic rings. The molecule has 1 heterocycles. The highest BCUT2D eigenvalue weighted by molar-refractivity contribution is 5.73. The van der Waals surface area contributed by atoms with Crippen molar-refractivity contribution < 1.29 is 9.21 Å². The first kappa shape index (κ1) is 11.6. The second-order valence-corrected chi connectivity index (χ2v) is 3.52. The van der Waals surface area contributed by atoms with Crippen LogP contribution in [-0.4, -0.2) is 24.5 Å². The number of hydrogen-bond acceptors (Lipinski definition) is 2. The van der Waals surface area contributed by atoms with Gasteiger partial charge in [-0.05, 0) is 18.6 Å². The maximum Gasteiger partial charge on any atom is 0.317 e. The molecule has 1 aromatic heterocycles. The molecule has 0 aliphatic carbocycles. The van der Waals surface area contributed by atoms with E-state index in [0.29, 0.717) is 6.54 Å². The van der Waals surface area contributed by atoms with Crippen molar-refractivity contribution in [2.24, 2.45) is 0 Å². The number of unbranched alkanes of at least 4 members (excludes halogenated alkanes) is 1. The third-order valence-electron chi connectivity index (χ3n) is 2.13. The van der Waals surface area contributed by atoms with Crippen LogP contribution in [0.15, 0.2) is 22.8 Å². The summed E-state index contributed by atoms with van der Waals surface area (Å²) in [7, 11) is 1.75. The van der Waals surface area contributed by atoms with Gasteiger partial charge in [0.05, 0.1) is 12.8 Å². The second-order valence-electron chi connectivity index (χ2n) is 3.52. The lowest BCUT2D eigenvalue weighted by atomic mass is 10.3. The van der Waals surface area contributed by atoms with Crippen molar-refractivity contribution in [2.45, 2.75) is 26.3 Å². The highest BCUT2D eigenvalue weighted by atomic mass is 16.3. The summed E-state index contributed by atoms with van der Waals surface area (Å²) in [5, 5.41) is 2.84. The summed E-state index contributed by atoms with van der Waals surface area (Å²) in [6.45, 7) is 3.33. The lowest BCUT2D eigenvalue weighted by Crippen LogP contribution is -2.37. The SMILES string of the molecule is CCCCNC(=O)N(C)Cc1ccco1. The van der Waals surface area contributed by atoms with E-state index in [1.807, 2.05) is 12.1 Å². The van der Waals surface area contributed by atoms with Gasteiger partial charge in [-0.2, -0.15) is 0 Å². The molecule has 0 aliphatic heterocycles. The Morgan fingerprint density at radius 1 is 1.60 bits per heavy atom. The van der Waals surface area contributed by atoms with Crippen molar-refractivity contribution in [1.29, 1.82) is 0 Å². The fourth-order valence-corrected chi connectivity index (χ4v) is 1.22. The normalized spacial score (nSPS) is 10.0. The number of amides is 2. The lowest BCUT2D eigenvalue weighted by molar-refractivity contribution is 0.203. The highest BCUT2D eigenvalue weighted by Gasteiger charge is 2.08. The molecule has 1 rings (SSSR count). The van der Waals surface area contributed by atoms with E-state index in [1.54, 1.807) is 18.2 Å². The molecule has 0 bridgehead atoms. The van der Waals surface area contributed by atoms with Crippen molar-refractivity contribution in [3.05, 3.63) is 24.2 Å². The third kappa shape index (κ3) is 4.06. The van der Waals surface area contributed by atoms with Crippen LogP contribution in [-0.2, 0) is 6.54 Å². The zero-order chi connectivity index (χ0) is 11.1. The smallest absolute Gasteiger partial charge is 0.317 e. The summed E-state index contributed by atoms with van der Waals surface area (Å²) in [5.41, 5.74) is 0. The molecular formula is C11H18N2O2. The second kappa shape index (κ2) is 6.11. The van der Waals surface area contributed by atoms with Gasteiger partial charge in [0, 0.05) is 13.6 Å². The van der Waals surface area contributed by atoms with E-state index >= 15 is 0 Å². The maximum atomic E-state index is 11.5. The molecule has 0 atom stereocenters. The van der Waals surface area contributed by atoms with Crippen LogP contribution in [0, 0.1) is 0 Å². The average Bonchev–Trinajstić information content (AvgIpc) is 2.70. The van der Waals surface area contributed by atoms with Crippen LogP contribution in [0.25, 0.3) is 0 Å². The van der Waals surface area contributed by atoms with Gasteiger partial charge in [0.1, 0.15) is 5.76 Å². The van der Waals surface area contributed by atoms with Crippen molar-refractivity contribution in [1.82, 2.24) is 10.2 Å². The van der Waals surface area contributed by atoms with E-state index in [1.165, 1.54) is 0 Å². The van der Waals surface area contributed by atoms with Crippen LogP contribution in [0.2, 0.25) is 0 Å². The Hall–Kier alpha value is -1.45. The van der Waals surface area contributed by atoms with Gasteiger partial charge in [-0.3, -0.25) is 0 Å². The largest absolute Gasteiger partial charge is 0.467 e. The van der Waals surface area contributed by atoms with Crippen LogP contribution in [0.1, 0.15) is 25.5 Å². The number of nitrogens with zero attached hydrogens (tertiary/aromatic N) is 1. The predicted octanol–water partition coefficient (Wildman–Crippen LogP) is 2.22.